The van der Waals surface area contributed by atoms with Crippen molar-refractivity contribution in [2.45, 2.75) is 64.1 Å². The minimum Gasteiger partial charge on any atom is -0.391 e. The lowest BCUT2D eigenvalue weighted by Crippen LogP contribution is -2.25. The fourth-order valence-corrected chi connectivity index (χ4v) is 3.61. The molecule has 1 atom stereocenters. The molecule has 4 heterocycles. The zero-order chi connectivity index (χ0) is 19.5. The molecule has 2 fully saturated rings. The van der Waals surface area contributed by atoms with Crippen molar-refractivity contribution in [3.05, 3.63) is 18.0 Å². The van der Waals surface area contributed by atoms with Crippen molar-refractivity contribution >= 4 is 17.0 Å². The Balaban J connectivity index is 1.60. The summed E-state index contributed by atoms with van der Waals surface area (Å²) in [6.07, 6.45) is 4.45. The van der Waals surface area contributed by atoms with Crippen molar-refractivity contribution in [3.63, 3.8) is 0 Å². The van der Waals surface area contributed by atoms with Crippen molar-refractivity contribution in [1.82, 2.24) is 39.7 Å². The van der Waals surface area contributed by atoms with Gasteiger partial charge in [0.25, 0.3) is 0 Å². The fourth-order valence-electron chi connectivity index (χ4n) is 3.61. The molecule has 3 aromatic heterocycles. The predicted octanol–water partition coefficient (Wildman–Crippen LogP) is 1.06. The van der Waals surface area contributed by atoms with Crippen LogP contribution in [-0.4, -0.2) is 64.0 Å². The second-order valence-electron chi connectivity index (χ2n) is 8.82. The Labute approximate surface area is 162 Å². The van der Waals surface area contributed by atoms with Gasteiger partial charge < -0.3 is 14.6 Å². The third kappa shape index (κ3) is 3.01. The van der Waals surface area contributed by atoms with Crippen LogP contribution in [0.3, 0.4) is 0 Å². The topological polar surface area (TPSA) is 111 Å². The molecule has 10 heteroatoms. The quantitative estimate of drug-likeness (QED) is 0.712. The summed E-state index contributed by atoms with van der Waals surface area (Å²) in [5.41, 5.74) is 1.33. The number of hydrogen-bond acceptors (Lipinski definition) is 8. The molecule has 1 saturated heterocycles. The normalized spacial score (nSPS) is 20.4. The second-order valence-corrected chi connectivity index (χ2v) is 8.82. The first-order valence-electron chi connectivity index (χ1n) is 9.83. The van der Waals surface area contributed by atoms with E-state index >= 15 is 0 Å². The molecular weight excluding hydrogens is 358 g/mol. The summed E-state index contributed by atoms with van der Waals surface area (Å²) in [7, 11) is 0. The minimum absolute atomic E-state index is 0.202. The predicted molar refractivity (Wildman–Crippen MR) is 102 cm³/mol. The Morgan fingerprint density at radius 3 is 2.68 bits per heavy atom. The average Bonchev–Trinajstić information content (AvgIpc) is 3.03. The van der Waals surface area contributed by atoms with Crippen LogP contribution in [0, 0.1) is 0 Å². The molecule has 1 aliphatic carbocycles. The number of aliphatic hydroxyl groups excluding tert-OH is 1. The van der Waals surface area contributed by atoms with Crippen LogP contribution in [0.4, 0.5) is 5.82 Å². The van der Waals surface area contributed by atoms with E-state index in [1.54, 1.807) is 6.33 Å². The highest BCUT2D eigenvalue weighted by Gasteiger charge is 2.30. The number of rotatable bonds is 4. The van der Waals surface area contributed by atoms with Crippen molar-refractivity contribution < 1.29 is 5.11 Å². The maximum absolute atomic E-state index is 9.99. The van der Waals surface area contributed by atoms with Gasteiger partial charge in [0.15, 0.2) is 22.8 Å². The van der Waals surface area contributed by atoms with Crippen molar-refractivity contribution in [2.24, 2.45) is 0 Å². The average molecular weight is 383 g/mol. The molecule has 1 saturated carbocycles. The Morgan fingerprint density at radius 1 is 1.18 bits per heavy atom. The summed E-state index contributed by atoms with van der Waals surface area (Å²) in [5, 5.41) is 22.2. The molecule has 0 radical (unpaired) electrons. The van der Waals surface area contributed by atoms with Crippen molar-refractivity contribution in [3.8, 4) is 0 Å². The van der Waals surface area contributed by atoms with Gasteiger partial charge in [-0.05, 0) is 29.7 Å². The van der Waals surface area contributed by atoms with E-state index in [1.165, 1.54) is 0 Å². The van der Waals surface area contributed by atoms with E-state index in [-0.39, 0.29) is 11.5 Å². The molecule has 0 spiro atoms. The number of aromatic nitrogens is 8. The van der Waals surface area contributed by atoms with Gasteiger partial charge in [-0.2, -0.15) is 0 Å². The number of aliphatic hydroxyl groups is 1. The van der Waals surface area contributed by atoms with Crippen LogP contribution >= 0.6 is 0 Å². The van der Waals surface area contributed by atoms with Gasteiger partial charge in [0.05, 0.1) is 25.0 Å². The highest BCUT2D eigenvalue weighted by Crippen LogP contribution is 2.35. The van der Waals surface area contributed by atoms with Gasteiger partial charge >= 0.3 is 0 Å². The standard InChI is InChI=1S/C18H25N9O/c1-18(2,3)17-20-15(25-7-6-12(28)8-25)14-16(21-17)26(10-19-14)9-13-22-23-24-27(13)11-4-5-11/h10-12,28H,4-9H2,1-3H3. The molecule has 0 amide bonds. The molecule has 1 N–H and O–H groups in total. The third-order valence-electron chi connectivity index (χ3n) is 5.34. The van der Waals surface area contributed by atoms with Gasteiger partial charge in [-0.15, -0.1) is 5.10 Å². The van der Waals surface area contributed by atoms with Crippen molar-refractivity contribution in [1.29, 1.82) is 0 Å². The SMILES string of the molecule is CC(C)(C)c1nc(N2CCC(O)C2)c2ncn(Cc3nnnn3C3CC3)c2n1. The lowest BCUT2D eigenvalue weighted by atomic mass is 9.96. The van der Waals surface area contributed by atoms with E-state index < -0.39 is 0 Å². The number of tetrazole rings is 1. The summed E-state index contributed by atoms with van der Waals surface area (Å²) < 4.78 is 3.91. The fraction of sp³-hybridized carbons (Fsp3) is 0.667. The lowest BCUT2D eigenvalue weighted by molar-refractivity contribution is 0.198. The summed E-state index contributed by atoms with van der Waals surface area (Å²) in [5.74, 6) is 2.38. The van der Waals surface area contributed by atoms with E-state index in [0.29, 0.717) is 19.1 Å². The second kappa shape index (κ2) is 6.20. The molecule has 3 aromatic rings. The van der Waals surface area contributed by atoms with E-state index in [0.717, 1.165) is 54.4 Å². The largest absolute Gasteiger partial charge is 0.391 e. The van der Waals surface area contributed by atoms with Crippen LogP contribution in [0.1, 0.15) is 57.7 Å². The van der Waals surface area contributed by atoms with Crippen LogP contribution in [-0.2, 0) is 12.0 Å². The third-order valence-corrected chi connectivity index (χ3v) is 5.34. The molecule has 5 rings (SSSR count). The maximum atomic E-state index is 9.99. The molecule has 28 heavy (non-hydrogen) atoms. The summed E-state index contributed by atoms with van der Waals surface area (Å²) in [6, 6.07) is 0.418. The van der Waals surface area contributed by atoms with Crippen LogP contribution < -0.4 is 4.90 Å². The molecular formula is C18H25N9O. The molecule has 2 aliphatic rings. The van der Waals surface area contributed by atoms with Crippen LogP contribution in [0.25, 0.3) is 11.2 Å². The molecule has 1 unspecified atom stereocenters. The number of imidazole rings is 1. The molecule has 148 valence electrons. The summed E-state index contributed by atoms with van der Waals surface area (Å²) in [6.45, 7) is 8.16. The monoisotopic (exact) mass is 383 g/mol. The van der Waals surface area contributed by atoms with Crippen LogP contribution in [0.15, 0.2) is 6.33 Å². The van der Waals surface area contributed by atoms with Crippen LogP contribution in [0.2, 0.25) is 0 Å². The Kier molecular flexibility index (Phi) is 3.87. The van der Waals surface area contributed by atoms with Gasteiger partial charge in [-0.1, -0.05) is 20.8 Å². The van der Waals surface area contributed by atoms with Gasteiger partial charge in [0.2, 0.25) is 0 Å². The first kappa shape index (κ1) is 17.5. The number of β-amino-alcohol motifs (C(OH)–C–C–N with tert-alkyl or cyclic N) is 1. The lowest BCUT2D eigenvalue weighted by Gasteiger charge is -2.22. The van der Waals surface area contributed by atoms with E-state index in [2.05, 4.69) is 46.2 Å². The number of hydrogen-bond donors (Lipinski definition) is 1. The Hall–Kier alpha value is -2.62. The zero-order valence-corrected chi connectivity index (χ0v) is 16.4. The van der Waals surface area contributed by atoms with Gasteiger partial charge in [-0.3, -0.25) is 0 Å². The molecule has 0 aromatic carbocycles. The zero-order valence-electron chi connectivity index (χ0n) is 16.4. The Morgan fingerprint density at radius 2 is 2.00 bits per heavy atom. The first-order chi connectivity index (χ1) is 13.4. The molecule has 0 bridgehead atoms. The van der Waals surface area contributed by atoms with Gasteiger partial charge in [0.1, 0.15) is 5.82 Å². The van der Waals surface area contributed by atoms with Crippen molar-refractivity contribution in [2.75, 3.05) is 18.0 Å². The summed E-state index contributed by atoms with van der Waals surface area (Å²) in [4.78, 5) is 16.4. The summed E-state index contributed by atoms with van der Waals surface area (Å²) >= 11 is 0. The van der Waals surface area contributed by atoms with Crippen LogP contribution in [0.5, 0.6) is 0 Å². The highest BCUT2D eigenvalue weighted by molar-refractivity contribution is 5.84. The van der Waals surface area contributed by atoms with E-state index in [4.69, 9.17) is 9.97 Å². The first-order valence-corrected chi connectivity index (χ1v) is 9.83. The minimum atomic E-state index is -0.326. The Bertz CT molecular complexity index is 1010. The number of nitrogens with zero attached hydrogens (tertiary/aromatic N) is 9. The van der Waals surface area contributed by atoms with E-state index in [9.17, 15) is 5.11 Å². The molecule has 1 aliphatic heterocycles. The number of fused-ring (bicyclic) bond motifs is 1. The van der Waals surface area contributed by atoms with Gasteiger partial charge in [-0.25, -0.2) is 19.6 Å². The maximum Gasteiger partial charge on any atom is 0.171 e. The van der Waals surface area contributed by atoms with E-state index in [1.807, 2.05) is 9.25 Å². The van der Waals surface area contributed by atoms with Gasteiger partial charge in [0, 0.05) is 18.5 Å². The molecule has 10 nitrogen and oxygen atoms in total. The number of anilines is 1. The highest BCUT2D eigenvalue weighted by atomic mass is 16.3. The smallest absolute Gasteiger partial charge is 0.171 e.